The SMILES string of the molecule is [B][P+]1(OCOC(C)=O)OC[C@H]2O[C@@H](n3cnc4c(N(CCC)CCC)ncnc43)[C@@H](O)[C@H]2O1. The van der Waals surface area contributed by atoms with Gasteiger partial charge in [0.2, 0.25) is 6.79 Å². The zero-order chi connectivity index (χ0) is 23.6. The minimum atomic E-state index is -3.29. The molecule has 2 aromatic rings. The van der Waals surface area contributed by atoms with Crippen LogP contribution in [0.5, 0.6) is 0 Å². The normalized spacial score (nSPS) is 29.2. The van der Waals surface area contributed by atoms with Gasteiger partial charge in [0.25, 0.3) is 0 Å². The highest BCUT2D eigenvalue weighted by molar-refractivity contribution is 7.85. The number of hydrogen-bond acceptors (Lipinski definition) is 11. The number of carbonyl (C=O) groups is 1. The Morgan fingerprint density at radius 3 is 2.79 bits per heavy atom. The third kappa shape index (κ3) is 4.98. The molecule has 1 N–H and O–H groups in total. The minimum Gasteiger partial charge on any atom is -0.434 e. The number of esters is 1. The number of carbonyl (C=O) groups excluding carboxylic acids is 1. The molecule has 2 saturated heterocycles. The summed E-state index contributed by atoms with van der Waals surface area (Å²) in [6.45, 7) is 6.81. The van der Waals surface area contributed by atoms with Gasteiger partial charge in [0.15, 0.2) is 29.3 Å². The van der Waals surface area contributed by atoms with E-state index in [4.69, 9.17) is 30.6 Å². The third-order valence-electron chi connectivity index (χ3n) is 5.39. The van der Waals surface area contributed by atoms with E-state index >= 15 is 0 Å². The van der Waals surface area contributed by atoms with Crippen LogP contribution in [0.4, 0.5) is 5.82 Å². The lowest BCUT2D eigenvalue weighted by atomic mass is 10.1. The zero-order valence-electron chi connectivity index (χ0n) is 18.9. The van der Waals surface area contributed by atoms with Gasteiger partial charge in [0, 0.05) is 20.0 Å². The molecule has 0 aliphatic carbocycles. The number of anilines is 1. The van der Waals surface area contributed by atoms with E-state index < -0.39 is 45.1 Å². The molecule has 0 amide bonds. The Hall–Kier alpha value is -1.89. The Labute approximate surface area is 193 Å². The second-order valence-electron chi connectivity index (χ2n) is 7.85. The Bertz CT molecular complexity index is 977. The summed E-state index contributed by atoms with van der Waals surface area (Å²) in [5.41, 5.74) is 1.17. The van der Waals surface area contributed by atoms with E-state index in [9.17, 15) is 9.90 Å². The number of aliphatic hydroxyl groups excluding tert-OH is 1. The molecule has 2 aromatic heterocycles. The number of ether oxygens (including phenoxy) is 2. The summed E-state index contributed by atoms with van der Waals surface area (Å²) >= 11 is 0. The predicted molar refractivity (Wildman–Crippen MR) is 119 cm³/mol. The highest BCUT2D eigenvalue weighted by Gasteiger charge is 2.58. The minimum absolute atomic E-state index is 0.0518. The fourth-order valence-electron chi connectivity index (χ4n) is 3.96. The summed E-state index contributed by atoms with van der Waals surface area (Å²) in [6, 6.07) is 0. The van der Waals surface area contributed by atoms with Crippen LogP contribution in [0.15, 0.2) is 12.7 Å². The van der Waals surface area contributed by atoms with E-state index in [0.29, 0.717) is 11.2 Å². The maximum atomic E-state index is 11.0. The zero-order valence-corrected chi connectivity index (χ0v) is 19.8. The lowest BCUT2D eigenvalue weighted by Gasteiger charge is -2.30. The molecule has 178 valence electrons. The van der Waals surface area contributed by atoms with Gasteiger partial charge in [-0.2, -0.15) is 13.6 Å². The smallest absolute Gasteiger partial charge is 0.434 e. The first-order chi connectivity index (χ1) is 15.9. The van der Waals surface area contributed by atoms with Crippen molar-refractivity contribution < 1.29 is 32.9 Å². The molecule has 0 spiro atoms. The van der Waals surface area contributed by atoms with Crippen molar-refractivity contribution >= 4 is 38.3 Å². The highest BCUT2D eigenvalue weighted by Crippen LogP contribution is 2.63. The van der Waals surface area contributed by atoms with Crippen LogP contribution in [-0.4, -0.2) is 83.0 Å². The molecule has 4 heterocycles. The topological polar surface area (TPSA) is 130 Å². The predicted octanol–water partition coefficient (Wildman–Crippen LogP) is 1.51. The molecule has 4 rings (SSSR count). The van der Waals surface area contributed by atoms with Crippen molar-refractivity contribution in [3.8, 4) is 0 Å². The van der Waals surface area contributed by atoms with Gasteiger partial charge in [0.1, 0.15) is 25.1 Å². The molecule has 2 radical (unpaired) electrons. The maximum absolute atomic E-state index is 11.0. The first-order valence-corrected chi connectivity index (χ1v) is 12.5. The molecular formula is C19H28BN5O7P+. The average molecular weight is 480 g/mol. The molecule has 2 fully saturated rings. The molecule has 12 nitrogen and oxygen atoms in total. The van der Waals surface area contributed by atoms with Crippen molar-refractivity contribution in [2.45, 2.75) is 58.2 Å². The molecule has 33 heavy (non-hydrogen) atoms. The van der Waals surface area contributed by atoms with Crippen LogP contribution in [0.3, 0.4) is 0 Å². The van der Waals surface area contributed by atoms with E-state index in [-0.39, 0.29) is 6.61 Å². The van der Waals surface area contributed by atoms with Crippen LogP contribution in [0.1, 0.15) is 39.8 Å². The van der Waals surface area contributed by atoms with E-state index in [1.165, 1.54) is 13.3 Å². The number of hydrogen-bond donors (Lipinski definition) is 1. The van der Waals surface area contributed by atoms with E-state index in [2.05, 4.69) is 33.7 Å². The summed E-state index contributed by atoms with van der Waals surface area (Å²) in [6.07, 6.45) is 1.74. The molecular weight excluding hydrogens is 452 g/mol. The maximum Gasteiger partial charge on any atom is 0.488 e. The summed E-state index contributed by atoms with van der Waals surface area (Å²) in [7, 11) is 2.78. The number of aliphatic hydroxyl groups is 1. The lowest BCUT2D eigenvalue weighted by Crippen LogP contribution is -2.41. The van der Waals surface area contributed by atoms with Crippen LogP contribution in [0.25, 0.3) is 11.2 Å². The molecule has 2 aliphatic rings. The lowest BCUT2D eigenvalue weighted by molar-refractivity contribution is -0.149. The Balaban J connectivity index is 1.54. The van der Waals surface area contributed by atoms with Gasteiger partial charge in [-0.25, -0.2) is 15.0 Å². The van der Waals surface area contributed by atoms with Crippen LogP contribution in [-0.2, 0) is 27.8 Å². The van der Waals surface area contributed by atoms with Crippen molar-refractivity contribution in [2.24, 2.45) is 0 Å². The van der Waals surface area contributed by atoms with E-state index in [0.717, 1.165) is 31.7 Å². The summed E-state index contributed by atoms with van der Waals surface area (Å²) in [5, 5.41) is 11.0. The van der Waals surface area contributed by atoms with Crippen LogP contribution >= 0.6 is 7.82 Å². The van der Waals surface area contributed by atoms with Crippen molar-refractivity contribution in [1.82, 2.24) is 19.5 Å². The van der Waals surface area contributed by atoms with Crippen molar-refractivity contribution in [3.63, 3.8) is 0 Å². The summed E-state index contributed by atoms with van der Waals surface area (Å²) in [5.74, 6) is 0.225. The van der Waals surface area contributed by atoms with Crippen molar-refractivity contribution in [1.29, 1.82) is 0 Å². The number of imidazole rings is 1. The molecule has 2 aliphatic heterocycles. The van der Waals surface area contributed by atoms with Gasteiger partial charge in [-0.1, -0.05) is 13.8 Å². The van der Waals surface area contributed by atoms with Crippen molar-refractivity contribution in [2.75, 3.05) is 31.4 Å². The molecule has 5 atom stereocenters. The Morgan fingerprint density at radius 2 is 2.09 bits per heavy atom. The first-order valence-electron chi connectivity index (χ1n) is 10.9. The molecule has 1 unspecified atom stereocenters. The molecule has 0 bridgehead atoms. The summed E-state index contributed by atoms with van der Waals surface area (Å²) in [4.78, 5) is 26.5. The fraction of sp³-hybridized carbons (Fsp3) is 0.684. The fourth-order valence-corrected chi connectivity index (χ4v) is 5.31. The Morgan fingerprint density at radius 1 is 1.33 bits per heavy atom. The standard InChI is InChI=1S/C19H28BN5O7P/c1-4-6-24(7-5-2)17-14-18(22-9-21-17)25(10-23-14)19-15(27)16-13(31-19)8-29-33(20,32-16)30-11-28-12(3)26/h9-10,13,15-16,19,27H,4-8,11H2,1-3H3/q+1/t13-,15+,16+,19-,33?/m1/s1. The number of rotatable bonds is 9. The third-order valence-corrected chi connectivity index (χ3v) is 6.90. The van der Waals surface area contributed by atoms with Gasteiger partial charge in [0.05, 0.1) is 6.33 Å². The second-order valence-corrected chi connectivity index (χ2v) is 9.66. The number of fused-ring (bicyclic) bond motifs is 2. The van der Waals surface area contributed by atoms with Gasteiger partial charge < -0.3 is 19.5 Å². The average Bonchev–Trinajstić information content (AvgIpc) is 3.34. The molecule has 0 aromatic carbocycles. The number of aromatic nitrogens is 4. The largest absolute Gasteiger partial charge is 0.488 e. The van der Waals surface area contributed by atoms with Crippen LogP contribution < -0.4 is 4.90 Å². The van der Waals surface area contributed by atoms with Gasteiger partial charge in [-0.05, 0) is 12.8 Å². The van der Waals surface area contributed by atoms with Crippen molar-refractivity contribution in [3.05, 3.63) is 12.7 Å². The van der Waals surface area contributed by atoms with Gasteiger partial charge >= 0.3 is 21.4 Å². The second kappa shape index (κ2) is 10.2. The van der Waals surface area contributed by atoms with Crippen LogP contribution in [0, 0.1) is 0 Å². The quantitative estimate of drug-likeness (QED) is 0.243. The number of nitrogens with zero attached hydrogens (tertiary/aromatic N) is 5. The Kier molecular flexibility index (Phi) is 7.47. The van der Waals surface area contributed by atoms with Gasteiger partial charge in [-0.15, -0.1) is 0 Å². The van der Waals surface area contributed by atoms with E-state index in [1.54, 1.807) is 10.9 Å². The summed E-state index contributed by atoms with van der Waals surface area (Å²) < 4.78 is 29.0. The van der Waals surface area contributed by atoms with Crippen LogP contribution in [0.2, 0.25) is 0 Å². The monoisotopic (exact) mass is 480 g/mol. The van der Waals surface area contributed by atoms with Gasteiger partial charge in [-0.3, -0.25) is 9.36 Å². The van der Waals surface area contributed by atoms with E-state index in [1.807, 2.05) is 0 Å². The molecule has 0 saturated carbocycles. The first kappa shape index (κ1) is 24.2. The highest BCUT2D eigenvalue weighted by atomic mass is 31.2. The molecule has 14 heteroatoms.